The fourth-order valence-corrected chi connectivity index (χ4v) is 2.88. The second-order valence-corrected chi connectivity index (χ2v) is 5.89. The maximum absolute atomic E-state index is 12.5. The first-order chi connectivity index (χ1) is 10.7. The van der Waals surface area contributed by atoms with Crippen LogP contribution < -0.4 is 5.73 Å². The number of amides is 2. The van der Waals surface area contributed by atoms with Crippen LogP contribution in [0, 0.1) is 5.92 Å². The lowest BCUT2D eigenvalue weighted by molar-refractivity contribution is -0.140. The summed E-state index contributed by atoms with van der Waals surface area (Å²) in [6.07, 6.45) is -2.76. The van der Waals surface area contributed by atoms with E-state index in [2.05, 4.69) is 0 Å². The number of hydrogen-bond donors (Lipinski definition) is 1. The Morgan fingerprint density at radius 2 is 1.91 bits per heavy atom. The molecular weight excluding hydrogens is 309 g/mol. The van der Waals surface area contributed by atoms with E-state index >= 15 is 0 Å². The van der Waals surface area contributed by atoms with Gasteiger partial charge in [0.25, 0.3) is 0 Å². The van der Waals surface area contributed by atoms with Gasteiger partial charge in [0.15, 0.2) is 0 Å². The van der Waals surface area contributed by atoms with Gasteiger partial charge < -0.3 is 10.6 Å². The average Bonchev–Trinajstić information content (AvgIpc) is 2.95. The third-order valence-electron chi connectivity index (χ3n) is 4.11. The highest BCUT2D eigenvalue weighted by atomic mass is 19.4. The predicted molar refractivity (Wildman–Crippen MR) is 78.2 cm³/mol. The van der Waals surface area contributed by atoms with E-state index in [4.69, 9.17) is 5.73 Å². The highest BCUT2D eigenvalue weighted by Crippen LogP contribution is 2.29. The molecule has 1 aromatic rings. The fraction of sp³-hybridized carbons (Fsp3) is 0.500. The summed E-state index contributed by atoms with van der Waals surface area (Å²) >= 11 is 0. The summed E-state index contributed by atoms with van der Waals surface area (Å²) in [4.78, 5) is 25.3. The van der Waals surface area contributed by atoms with Gasteiger partial charge in [-0.15, -0.1) is 0 Å². The first-order valence-electron chi connectivity index (χ1n) is 7.46. The van der Waals surface area contributed by atoms with Gasteiger partial charge in [-0.05, 0) is 37.0 Å². The van der Waals surface area contributed by atoms with Crippen LogP contribution in [-0.2, 0) is 22.2 Å². The molecule has 0 aliphatic carbocycles. The average molecular weight is 328 g/mol. The Labute approximate surface area is 132 Å². The molecule has 0 spiro atoms. The lowest BCUT2D eigenvalue weighted by Crippen LogP contribution is -2.46. The number of benzene rings is 1. The zero-order valence-corrected chi connectivity index (χ0v) is 12.8. The molecule has 2 atom stereocenters. The van der Waals surface area contributed by atoms with Crippen molar-refractivity contribution in [2.45, 2.75) is 38.4 Å². The summed E-state index contributed by atoms with van der Waals surface area (Å²) < 4.78 is 37.6. The maximum Gasteiger partial charge on any atom is 0.416 e. The van der Waals surface area contributed by atoms with Crippen molar-refractivity contribution in [2.75, 3.05) is 6.54 Å². The lowest BCUT2D eigenvalue weighted by Gasteiger charge is -2.25. The van der Waals surface area contributed by atoms with E-state index in [1.165, 1.54) is 17.0 Å². The summed E-state index contributed by atoms with van der Waals surface area (Å²) in [7, 11) is 0. The van der Waals surface area contributed by atoms with Crippen molar-refractivity contribution in [3.63, 3.8) is 0 Å². The van der Waals surface area contributed by atoms with Crippen molar-refractivity contribution < 1.29 is 22.8 Å². The summed E-state index contributed by atoms with van der Waals surface area (Å²) in [6, 6.07) is 4.20. The number of nitrogens with zero attached hydrogens (tertiary/aromatic N) is 1. The number of hydrogen-bond acceptors (Lipinski definition) is 2. The van der Waals surface area contributed by atoms with Crippen molar-refractivity contribution in [2.24, 2.45) is 11.7 Å². The van der Waals surface area contributed by atoms with E-state index in [1.807, 2.05) is 0 Å². The normalized spacial score (nSPS) is 19.7. The van der Waals surface area contributed by atoms with Crippen molar-refractivity contribution in [3.05, 3.63) is 35.4 Å². The highest BCUT2D eigenvalue weighted by molar-refractivity contribution is 5.88. The minimum Gasteiger partial charge on any atom is -0.368 e. The van der Waals surface area contributed by atoms with Crippen molar-refractivity contribution in [1.29, 1.82) is 0 Å². The number of carbonyl (C=O) groups excluding carboxylic acids is 2. The molecule has 1 aromatic carbocycles. The molecule has 0 aromatic heterocycles. The predicted octanol–water partition coefficient (Wildman–Crippen LogP) is 2.36. The Kier molecular flexibility index (Phi) is 4.97. The third-order valence-corrected chi connectivity index (χ3v) is 4.11. The summed E-state index contributed by atoms with van der Waals surface area (Å²) in [5.41, 5.74) is 5.23. The van der Waals surface area contributed by atoms with Gasteiger partial charge in [0.2, 0.25) is 11.8 Å². The molecule has 1 aliphatic rings. The number of rotatable bonds is 4. The summed E-state index contributed by atoms with van der Waals surface area (Å²) in [5, 5.41) is 0. The van der Waals surface area contributed by atoms with Crippen molar-refractivity contribution >= 4 is 11.8 Å². The number of halogens is 3. The van der Waals surface area contributed by atoms with Crippen molar-refractivity contribution in [1.82, 2.24) is 4.90 Å². The van der Waals surface area contributed by atoms with Gasteiger partial charge in [0.05, 0.1) is 5.56 Å². The molecular formula is C16H19F3N2O2. The zero-order valence-electron chi connectivity index (χ0n) is 12.8. The molecule has 1 saturated heterocycles. The number of alkyl halides is 3. The monoisotopic (exact) mass is 328 g/mol. The van der Waals surface area contributed by atoms with E-state index in [0.717, 1.165) is 18.6 Å². The molecule has 2 amide bonds. The smallest absolute Gasteiger partial charge is 0.368 e. The molecule has 0 radical (unpaired) electrons. The van der Waals surface area contributed by atoms with Crippen LogP contribution in [0.5, 0.6) is 0 Å². The Morgan fingerprint density at radius 1 is 1.30 bits per heavy atom. The molecule has 2 N–H and O–H groups in total. The lowest BCUT2D eigenvalue weighted by atomic mass is 9.98. The molecule has 23 heavy (non-hydrogen) atoms. The molecule has 1 fully saturated rings. The largest absolute Gasteiger partial charge is 0.416 e. The van der Waals surface area contributed by atoms with Crippen LogP contribution in [0.15, 0.2) is 24.3 Å². The Bertz CT molecular complexity index is 584. The van der Waals surface area contributed by atoms with Crippen LogP contribution in [-0.4, -0.2) is 29.3 Å². The maximum atomic E-state index is 12.5. The van der Waals surface area contributed by atoms with Gasteiger partial charge in [-0.1, -0.05) is 19.1 Å². The first-order valence-corrected chi connectivity index (χ1v) is 7.46. The number of carbonyl (C=O) groups is 2. The summed E-state index contributed by atoms with van der Waals surface area (Å²) in [5.74, 6) is -1.13. The molecule has 7 heteroatoms. The molecule has 0 unspecified atom stereocenters. The van der Waals surface area contributed by atoms with Gasteiger partial charge in [-0.25, -0.2) is 0 Å². The molecule has 0 saturated carbocycles. The van der Waals surface area contributed by atoms with Gasteiger partial charge in [-0.2, -0.15) is 13.2 Å². The molecule has 0 bridgehead atoms. The van der Waals surface area contributed by atoms with Crippen LogP contribution in [0.25, 0.3) is 0 Å². The van der Waals surface area contributed by atoms with E-state index in [0.29, 0.717) is 24.9 Å². The third kappa shape index (κ3) is 4.03. The second kappa shape index (κ2) is 6.60. The molecule has 4 nitrogen and oxygen atoms in total. The number of primary amides is 1. The minimum atomic E-state index is -4.37. The van der Waals surface area contributed by atoms with Gasteiger partial charge in [-0.3, -0.25) is 9.59 Å². The van der Waals surface area contributed by atoms with Crippen LogP contribution >= 0.6 is 0 Å². The SMILES string of the molecule is C[C@@H](Cc1ccc(C(F)(F)F)cc1)C(=O)N1CCC[C@H]1C(N)=O. The zero-order chi connectivity index (χ0) is 17.2. The Morgan fingerprint density at radius 3 is 2.43 bits per heavy atom. The summed E-state index contributed by atoms with van der Waals surface area (Å²) in [6.45, 7) is 2.19. The minimum absolute atomic E-state index is 0.189. The van der Waals surface area contributed by atoms with Crippen LogP contribution in [0.1, 0.15) is 30.9 Å². The number of likely N-dealkylation sites (tertiary alicyclic amines) is 1. The Hall–Kier alpha value is -2.05. The van der Waals surface area contributed by atoms with E-state index < -0.39 is 29.6 Å². The standard InChI is InChI=1S/C16H19F3N2O2/c1-10(15(23)21-8-2-3-13(21)14(20)22)9-11-4-6-12(7-5-11)16(17,18)19/h4-7,10,13H,2-3,8-9H2,1H3,(H2,20,22)/t10-,13-/m0/s1. The Balaban J connectivity index is 2.02. The molecule has 126 valence electrons. The first kappa shape index (κ1) is 17.3. The number of nitrogens with two attached hydrogens (primary N) is 1. The van der Waals surface area contributed by atoms with Crippen molar-refractivity contribution in [3.8, 4) is 0 Å². The molecule has 2 rings (SSSR count). The van der Waals surface area contributed by atoms with Gasteiger partial charge in [0.1, 0.15) is 6.04 Å². The van der Waals surface area contributed by atoms with Crippen LogP contribution in [0.4, 0.5) is 13.2 Å². The van der Waals surface area contributed by atoms with Gasteiger partial charge >= 0.3 is 6.18 Å². The van der Waals surface area contributed by atoms with Crippen LogP contribution in [0.3, 0.4) is 0 Å². The van der Waals surface area contributed by atoms with Gasteiger partial charge in [0, 0.05) is 12.5 Å². The second-order valence-electron chi connectivity index (χ2n) is 5.89. The molecule has 1 heterocycles. The fourth-order valence-electron chi connectivity index (χ4n) is 2.88. The van der Waals surface area contributed by atoms with E-state index in [-0.39, 0.29) is 5.91 Å². The highest BCUT2D eigenvalue weighted by Gasteiger charge is 2.35. The van der Waals surface area contributed by atoms with Crippen LogP contribution in [0.2, 0.25) is 0 Å². The topological polar surface area (TPSA) is 63.4 Å². The van der Waals surface area contributed by atoms with E-state index in [9.17, 15) is 22.8 Å². The molecule has 1 aliphatic heterocycles. The quantitative estimate of drug-likeness (QED) is 0.922. The van der Waals surface area contributed by atoms with E-state index in [1.54, 1.807) is 6.92 Å².